The number of fused-ring (bicyclic) bond motifs is 1. The van der Waals surface area contributed by atoms with E-state index in [2.05, 4.69) is 51.6 Å². The molecule has 0 fully saturated rings. The van der Waals surface area contributed by atoms with Gasteiger partial charge in [0.1, 0.15) is 11.9 Å². The summed E-state index contributed by atoms with van der Waals surface area (Å²) >= 11 is 3.52. The van der Waals surface area contributed by atoms with Crippen molar-refractivity contribution in [3.63, 3.8) is 0 Å². The summed E-state index contributed by atoms with van der Waals surface area (Å²) in [5.74, 6) is 0.950. The number of halogens is 1. The highest BCUT2D eigenvalue weighted by atomic mass is 79.9. The molecule has 1 N–H and O–H groups in total. The zero-order valence-electron chi connectivity index (χ0n) is 12.6. The second-order valence-electron chi connectivity index (χ2n) is 5.42. The largest absolute Gasteiger partial charge is 0.485 e. The van der Waals surface area contributed by atoms with Gasteiger partial charge in [0, 0.05) is 41.3 Å². The molecule has 2 aromatic rings. The van der Waals surface area contributed by atoms with Gasteiger partial charge >= 0.3 is 0 Å². The van der Waals surface area contributed by atoms with Crippen molar-refractivity contribution in [2.45, 2.75) is 31.9 Å². The highest BCUT2D eigenvalue weighted by Crippen LogP contribution is 2.42. The fraction of sp³-hybridized carbons (Fsp3) is 0.438. The third kappa shape index (κ3) is 2.72. The Balaban J connectivity index is 1.99. The smallest absolute Gasteiger partial charge is 0.129 e. The van der Waals surface area contributed by atoms with E-state index in [9.17, 15) is 0 Å². The molecule has 2 unspecified atom stereocenters. The summed E-state index contributed by atoms with van der Waals surface area (Å²) in [7, 11) is 3.97. The number of nitrogens with one attached hydrogen (secondary N) is 1. The fourth-order valence-electron chi connectivity index (χ4n) is 3.00. The van der Waals surface area contributed by atoms with E-state index in [1.807, 2.05) is 24.8 Å². The molecule has 1 aliphatic rings. The molecule has 2 atom stereocenters. The van der Waals surface area contributed by atoms with Crippen LogP contribution in [0, 0.1) is 0 Å². The lowest BCUT2D eigenvalue weighted by atomic mass is 9.93. The molecular weight excluding hydrogens is 330 g/mol. The molecule has 3 rings (SSSR count). The summed E-state index contributed by atoms with van der Waals surface area (Å²) < 4.78 is 9.18. The maximum atomic E-state index is 6.26. The van der Waals surface area contributed by atoms with Crippen molar-refractivity contribution < 1.29 is 4.74 Å². The molecule has 0 saturated carbocycles. The number of ether oxygens (including phenoxy) is 1. The quantitative estimate of drug-likeness (QED) is 0.921. The van der Waals surface area contributed by atoms with Crippen LogP contribution in [0.3, 0.4) is 0 Å². The molecule has 1 aromatic carbocycles. The van der Waals surface area contributed by atoms with Crippen molar-refractivity contribution in [1.29, 1.82) is 0 Å². The van der Waals surface area contributed by atoms with Crippen LogP contribution in [0.2, 0.25) is 0 Å². The topological polar surface area (TPSA) is 39.1 Å². The Labute approximate surface area is 133 Å². The van der Waals surface area contributed by atoms with E-state index in [0.717, 1.165) is 28.8 Å². The molecule has 0 amide bonds. The first-order valence-corrected chi connectivity index (χ1v) is 8.07. The maximum Gasteiger partial charge on any atom is 0.129 e. The minimum absolute atomic E-state index is 0.0490. The standard InChI is InChI=1S/C16H20BrN3O/c1-4-13-12(9-20(3)19-13)16-8-14(18-2)11-6-5-10(17)7-15(11)21-16/h5-7,9,14,16,18H,4,8H2,1-3H3. The second kappa shape index (κ2) is 5.81. The molecule has 2 heterocycles. The van der Waals surface area contributed by atoms with E-state index in [4.69, 9.17) is 4.74 Å². The van der Waals surface area contributed by atoms with Crippen molar-refractivity contribution in [2.75, 3.05) is 7.05 Å². The van der Waals surface area contributed by atoms with Crippen LogP contribution in [0.1, 0.15) is 42.3 Å². The molecule has 1 aliphatic heterocycles. The zero-order valence-corrected chi connectivity index (χ0v) is 14.1. The molecule has 21 heavy (non-hydrogen) atoms. The van der Waals surface area contributed by atoms with Crippen LogP contribution in [0.5, 0.6) is 5.75 Å². The summed E-state index contributed by atoms with van der Waals surface area (Å²) in [6, 6.07) is 6.54. The molecular formula is C16H20BrN3O. The van der Waals surface area contributed by atoms with E-state index >= 15 is 0 Å². The van der Waals surface area contributed by atoms with Crippen molar-refractivity contribution in [3.8, 4) is 5.75 Å². The second-order valence-corrected chi connectivity index (χ2v) is 6.34. The minimum atomic E-state index is 0.0490. The Hall–Kier alpha value is -1.33. The van der Waals surface area contributed by atoms with Crippen LogP contribution < -0.4 is 10.1 Å². The molecule has 0 bridgehead atoms. The van der Waals surface area contributed by atoms with Crippen molar-refractivity contribution in [2.24, 2.45) is 7.05 Å². The van der Waals surface area contributed by atoms with Gasteiger partial charge in [0.25, 0.3) is 0 Å². The molecule has 4 nitrogen and oxygen atoms in total. The first-order valence-electron chi connectivity index (χ1n) is 7.28. The van der Waals surface area contributed by atoms with Gasteiger partial charge in [-0.15, -0.1) is 0 Å². The molecule has 0 spiro atoms. The van der Waals surface area contributed by atoms with Crippen molar-refractivity contribution in [1.82, 2.24) is 15.1 Å². The Bertz CT molecular complexity index is 653. The van der Waals surface area contributed by atoms with Crippen molar-refractivity contribution in [3.05, 3.63) is 45.7 Å². The van der Waals surface area contributed by atoms with Crippen LogP contribution in [-0.2, 0) is 13.5 Å². The van der Waals surface area contributed by atoms with Crippen LogP contribution in [-0.4, -0.2) is 16.8 Å². The van der Waals surface area contributed by atoms with Gasteiger partial charge < -0.3 is 10.1 Å². The molecule has 5 heteroatoms. The Morgan fingerprint density at radius 1 is 1.43 bits per heavy atom. The van der Waals surface area contributed by atoms with E-state index < -0.39 is 0 Å². The van der Waals surface area contributed by atoms with Gasteiger partial charge in [0.2, 0.25) is 0 Å². The molecule has 0 aliphatic carbocycles. The monoisotopic (exact) mass is 349 g/mol. The molecule has 0 radical (unpaired) electrons. The first-order chi connectivity index (χ1) is 10.1. The number of aryl methyl sites for hydroxylation is 2. The summed E-state index contributed by atoms with van der Waals surface area (Å²) in [5, 5.41) is 7.94. The lowest BCUT2D eigenvalue weighted by Gasteiger charge is -2.32. The van der Waals surface area contributed by atoms with Gasteiger partial charge in [-0.1, -0.05) is 28.9 Å². The lowest BCUT2D eigenvalue weighted by molar-refractivity contribution is 0.153. The fourth-order valence-corrected chi connectivity index (χ4v) is 3.34. The average Bonchev–Trinajstić information content (AvgIpc) is 2.86. The molecule has 1 aromatic heterocycles. The minimum Gasteiger partial charge on any atom is -0.485 e. The maximum absolute atomic E-state index is 6.26. The van der Waals surface area contributed by atoms with E-state index in [1.54, 1.807) is 0 Å². The summed E-state index contributed by atoms with van der Waals surface area (Å²) in [5.41, 5.74) is 3.54. The predicted octanol–water partition coefficient (Wildman–Crippen LogP) is 3.53. The summed E-state index contributed by atoms with van der Waals surface area (Å²) in [4.78, 5) is 0. The number of hydrogen-bond donors (Lipinski definition) is 1. The Kier molecular flexibility index (Phi) is 4.04. The number of nitrogens with zero attached hydrogens (tertiary/aromatic N) is 2. The van der Waals surface area contributed by atoms with Gasteiger partial charge in [0.15, 0.2) is 0 Å². The van der Waals surface area contributed by atoms with Crippen molar-refractivity contribution >= 4 is 15.9 Å². The number of rotatable bonds is 3. The summed E-state index contributed by atoms with van der Waals surface area (Å²) in [6.07, 6.45) is 3.97. The van der Waals surface area contributed by atoms with Gasteiger partial charge in [-0.2, -0.15) is 5.10 Å². The summed E-state index contributed by atoms with van der Waals surface area (Å²) in [6.45, 7) is 2.13. The number of aromatic nitrogens is 2. The highest BCUT2D eigenvalue weighted by molar-refractivity contribution is 9.10. The van der Waals surface area contributed by atoms with Crippen LogP contribution in [0.4, 0.5) is 0 Å². The SMILES string of the molecule is CCc1nn(C)cc1C1CC(NC)c2ccc(Br)cc2O1. The number of hydrogen-bond acceptors (Lipinski definition) is 3. The van der Waals surface area contributed by atoms with Crippen LogP contribution in [0.25, 0.3) is 0 Å². The zero-order chi connectivity index (χ0) is 15.0. The van der Waals surface area contributed by atoms with Gasteiger partial charge in [-0.25, -0.2) is 0 Å². The van der Waals surface area contributed by atoms with Gasteiger partial charge in [-0.3, -0.25) is 4.68 Å². The van der Waals surface area contributed by atoms with E-state index in [-0.39, 0.29) is 6.10 Å². The molecule has 112 valence electrons. The van der Waals surface area contributed by atoms with Gasteiger partial charge in [0.05, 0.1) is 5.69 Å². The third-order valence-electron chi connectivity index (χ3n) is 4.04. The van der Waals surface area contributed by atoms with E-state index in [0.29, 0.717) is 6.04 Å². The average molecular weight is 350 g/mol. The number of benzene rings is 1. The van der Waals surface area contributed by atoms with Crippen LogP contribution >= 0.6 is 15.9 Å². The Morgan fingerprint density at radius 2 is 2.24 bits per heavy atom. The van der Waals surface area contributed by atoms with Gasteiger partial charge in [-0.05, 0) is 25.6 Å². The predicted molar refractivity (Wildman–Crippen MR) is 86.5 cm³/mol. The lowest BCUT2D eigenvalue weighted by Crippen LogP contribution is -2.27. The van der Waals surface area contributed by atoms with E-state index in [1.165, 1.54) is 11.1 Å². The first kappa shape index (κ1) is 14.6. The third-order valence-corrected chi connectivity index (χ3v) is 4.53. The molecule has 0 saturated heterocycles. The van der Waals surface area contributed by atoms with Crippen LogP contribution in [0.15, 0.2) is 28.9 Å². The Morgan fingerprint density at radius 3 is 2.95 bits per heavy atom. The normalized spacial score (nSPS) is 21.0. The highest BCUT2D eigenvalue weighted by Gasteiger charge is 2.30.